The van der Waals surface area contributed by atoms with E-state index in [0.29, 0.717) is 39.6 Å². The highest BCUT2D eigenvalue weighted by atomic mass is 35.5. The third-order valence-electron chi connectivity index (χ3n) is 6.09. The molecule has 1 amide bonds. The Hall–Kier alpha value is -2.06. The molecule has 2 N–H and O–H groups in total. The summed E-state index contributed by atoms with van der Waals surface area (Å²) in [7, 11) is 1.62. The van der Waals surface area contributed by atoms with Crippen molar-refractivity contribution in [2.45, 2.75) is 32.5 Å². The number of ether oxygens (including phenoxy) is 2. The van der Waals surface area contributed by atoms with Crippen LogP contribution in [0, 0.1) is 19.8 Å². The number of methoxy groups -OCH3 is 1. The molecule has 0 spiro atoms. The largest absolute Gasteiger partial charge is 0.465 e. The molecule has 2 aromatic carbocycles. The zero-order chi connectivity index (χ0) is 23.2. The van der Waals surface area contributed by atoms with Gasteiger partial charge in [0.2, 0.25) is 5.91 Å². The van der Waals surface area contributed by atoms with E-state index >= 15 is 0 Å². The lowest BCUT2D eigenvalue weighted by molar-refractivity contribution is -0.150. The zero-order valence-corrected chi connectivity index (χ0v) is 20.6. The Morgan fingerprint density at radius 3 is 2.75 bits per heavy atom. The number of thiocarbonyl (C=S) groups is 1. The minimum Gasteiger partial charge on any atom is -0.465 e. The molecule has 9 heteroatoms. The number of amides is 1. The van der Waals surface area contributed by atoms with Crippen LogP contribution in [0.4, 0.5) is 5.69 Å². The van der Waals surface area contributed by atoms with E-state index in [2.05, 4.69) is 10.6 Å². The van der Waals surface area contributed by atoms with Crippen molar-refractivity contribution < 1.29 is 14.3 Å². The number of nitrogens with one attached hydrogen (secondary N) is 2. The summed E-state index contributed by atoms with van der Waals surface area (Å²) in [6.07, 6.45) is 0. The molecule has 3 atom stereocenters. The standard InChI is InChI=1S/C23H25Cl2N3O3S/c1-12-5-6-17(13(2)9-12)26-21(29)18-19-15-10-14(24)11-16(25)20(15)31-23(18,3)28(7-8-30-4)22(32)27-19/h5-6,9-11,18-19H,7-8H2,1-4H3,(H,26,29)(H,27,32). The van der Waals surface area contributed by atoms with Gasteiger partial charge in [0, 0.05) is 29.9 Å². The van der Waals surface area contributed by atoms with Crippen LogP contribution in [0.3, 0.4) is 0 Å². The van der Waals surface area contributed by atoms with Crippen LogP contribution in [0.15, 0.2) is 30.3 Å². The van der Waals surface area contributed by atoms with E-state index in [4.69, 9.17) is 44.9 Å². The van der Waals surface area contributed by atoms with Crippen LogP contribution in [0.25, 0.3) is 0 Å². The minimum absolute atomic E-state index is 0.191. The molecule has 1 fully saturated rings. The Morgan fingerprint density at radius 1 is 1.31 bits per heavy atom. The number of fused-ring (bicyclic) bond motifs is 4. The first-order valence-electron chi connectivity index (χ1n) is 10.3. The SMILES string of the molecule is COCCN1C(=S)NC2c3cc(Cl)cc(Cl)c3OC1(C)C2C(=O)Nc1ccc(C)cc1C. The van der Waals surface area contributed by atoms with Crippen LogP contribution < -0.4 is 15.4 Å². The lowest BCUT2D eigenvalue weighted by Crippen LogP contribution is -2.72. The Kier molecular flexibility index (Phi) is 6.29. The minimum atomic E-state index is -1.08. The highest BCUT2D eigenvalue weighted by Crippen LogP contribution is 2.51. The second kappa shape index (κ2) is 8.71. The van der Waals surface area contributed by atoms with E-state index in [1.54, 1.807) is 19.2 Å². The molecule has 1 saturated heterocycles. The van der Waals surface area contributed by atoms with Gasteiger partial charge >= 0.3 is 0 Å². The van der Waals surface area contributed by atoms with Gasteiger partial charge in [0.25, 0.3) is 0 Å². The summed E-state index contributed by atoms with van der Waals surface area (Å²) in [4.78, 5) is 15.6. The number of halogens is 2. The number of carbonyl (C=O) groups excluding carboxylic acids is 1. The molecule has 0 saturated carbocycles. The van der Waals surface area contributed by atoms with Gasteiger partial charge < -0.3 is 25.0 Å². The third kappa shape index (κ3) is 3.92. The second-order valence-electron chi connectivity index (χ2n) is 8.32. The molecular weight excluding hydrogens is 469 g/mol. The van der Waals surface area contributed by atoms with E-state index in [-0.39, 0.29) is 5.91 Å². The van der Waals surface area contributed by atoms with E-state index in [1.165, 1.54) is 0 Å². The molecule has 32 heavy (non-hydrogen) atoms. The van der Waals surface area contributed by atoms with Crippen molar-refractivity contribution in [2.75, 3.05) is 25.6 Å². The van der Waals surface area contributed by atoms with Crippen molar-refractivity contribution in [1.29, 1.82) is 0 Å². The van der Waals surface area contributed by atoms with Gasteiger partial charge in [-0.2, -0.15) is 0 Å². The number of hydrogen-bond acceptors (Lipinski definition) is 4. The average molecular weight is 494 g/mol. The Labute approximate surface area is 203 Å². The second-order valence-corrected chi connectivity index (χ2v) is 9.55. The summed E-state index contributed by atoms with van der Waals surface area (Å²) in [5.41, 5.74) is 2.48. The number of anilines is 1. The summed E-state index contributed by atoms with van der Waals surface area (Å²) in [5, 5.41) is 7.74. The normalized spacial score (nSPS) is 23.8. The smallest absolute Gasteiger partial charge is 0.236 e. The molecule has 2 heterocycles. The molecule has 3 unspecified atom stereocenters. The number of carbonyl (C=O) groups is 1. The van der Waals surface area contributed by atoms with Gasteiger partial charge in [0.1, 0.15) is 11.7 Å². The summed E-state index contributed by atoms with van der Waals surface area (Å²) in [6.45, 7) is 6.71. The first-order chi connectivity index (χ1) is 15.2. The van der Waals surface area contributed by atoms with Gasteiger partial charge in [0.15, 0.2) is 10.8 Å². The maximum atomic E-state index is 13.7. The molecule has 2 bridgehead atoms. The monoisotopic (exact) mass is 493 g/mol. The Morgan fingerprint density at radius 2 is 2.06 bits per heavy atom. The number of hydrogen-bond donors (Lipinski definition) is 2. The van der Waals surface area contributed by atoms with Gasteiger partial charge in [-0.3, -0.25) is 4.79 Å². The van der Waals surface area contributed by atoms with E-state index in [1.807, 2.05) is 43.9 Å². The van der Waals surface area contributed by atoms with Crippen LogP contribution >= 0.6 is 35.4 Å². The first-order valence-corrected chi connectivity index (χ1v) is 11.4. The molecule has 0 aromatic heterocycles. The van der Waals surface area contributed by atoms with Gasteiger partial charge in [-0.05, 0) is 56.8 Å². The Balaban J connectivity index is 1.79. The predicted molar refractivity (Wildman–Crippen MR) is 131 cm³/mol. The van der Waals surface area contributed by atoms with Crippen molar-refractivity contribution in [3.05, 3.63) is 57.1 Å². The molecular formula is C23H25Cl2N3O3S. The van der Waals surface area contributed by atoms with Crippen molar-refractivity contribution in [3.8, 4) is 5.75 Å². The van der Waals surface area contributed by atoms with Crippen LogP contribution in [0.2, 0.25) is 10.0 Å². The summed E-state index contributed by atoms with van der Waals surface area (Å²) in [5.74, 6) is -0.339. The average Bonchev–Trinajstić information content (AvgIpc) is 2.70. The number of aryl methyl sites for hydroxylation is 2. The van der Waals surface area contributed by atoms with Gasteiger partial charge in [-0.25, -0.2) is 0 Å². The van der Waals surface area contributed by atoms with Crippen molar-refractivity contribution >= 4 is 52.1 Å². The number of nitrogens with zero attached hydrogens (tertiary/aromatic N) is 1. The van der Waals surface area contributed by atoms with Crippen LogP contribution in [-0.2, 0) is 9.53 Å². The summed E-state index contributed by atoms with van der Waals surface area (Å²) >= 11 is 18.4. The van der Waals surface area contributed by atoms with Crippen molar-refractivity contribution in [3.63, 3.8) is 0 Å². The highest BCUT2D eigenvalue weighted by Gasteiger charge is 2.59. The molecule has 2 aliphatic rings. The molecule has 4 rings (SSSR count). The zero-order valence-electron chi connectivity index (χ0n) is 18.3. The maximum Gasteiger partial charge on any atom is 0.236 e. The van der Waals surface area contributed by atoms with Crippen molar-refractivity contribution in [2.24, 2.45) is 5.92 Å². The van der Waals surface area contributed by atoms with Gasteiger partial charge in [-0.15, -0.1) is 0 Å². The van der Waals surface area contributed by atoms with Crippen molar-refractivity contribution in [1.82, 2.24) is 10.2 Å². The van der Waals surface area contributed by atoms with Gasteiger partial charge in [-0.1, -0.05) is 40.9 Å². The number of benzene rings is 2. The van der Waals surface area contributed by atoms with Crippen LogP contribution in [-0.4, -0.2) is 41.9 Å². The van der Waals surface area contributed by atoms with Gasteiger partial charge in [0.05, 0.1) is 17.7 Å². The van der Waals surface area contributed by atoms with E-state index in [0.717, 1.165) is 16.8 Å². The highest BCUT2D eigenvalue weighted by molar-refractivity contribution is 7.80. The fourth-order valence-corrected chi connectivity index (χ4v) is 5.49. The first kappa shape index (κ1) is 23.1. The third-order valence-corrected chi connectivity index (χ3v) is 6.93. The topological polar surface area (TPSA) is 62.8 Å². The fraction of sp³-hybridized carbons (Fsp3) is 0.391. The maximum absolute atomic E-state index is 13.7. The molecule has 6 nitrogen and oxygen atoms in total. The summed E-state index contributed by atoms with van der Waals surface area (Å²) < 4.78 is 11.7. The predicted octanol–water partition coefficient (Wildman–Crippen LogP) is 4.85. The molecule has 2 aromatic rings. The molecule has 2 aliphatic heterocycles. The van der Waals surface area contributed by atoms with E-state index in [9.17, 15) is 4.79 Å². The fourth-order valence-electron chi connectivity index (χ4n) is 4.54. The summed E-state index contributed by atoms with van der Waals surface area (Å²) in [6, 6.07) is 8.85. The molecule has 0 radical (unpaired) electrons. The quantitative estimate of drug-likeness (QED) is 0.580. The number of rotatable bonds is 5. The lowest BCUT2D eigenvalue weighted by Gasteiger charge is -2.56. The van der Waals surface area contributed by atoms with Crippen LogP contribution in [0.5, 0.6) is 5.75 Å². The molecule has 170 valence electrons. The van der Waals surface area contributed by atoms with E-state index < -0.39 is 17.7 Å². The lowest BCUT2D eigenvalue weighted by atomic mass is 9.78. The van der Waals surface area contributed by atoms with Crippen LogP contribution in [0.1, 0.15) is 29.7 Å². The Bertz CT molecular complexity index is 1100. The molecule has 0 aliphatic carbocycles.